The summed E-state index contributed by atoms with van der Waals surface area (Å²) >= 11 is 0. The molecule has 0 aliphatic heterocycles. The zero-order valence-corrected chi connectivity index (χ0v) is 16.0. The molecule has 1 aromatic carbocycles. The Kier molecular flexibility index (Phi) is 8.09. The molecule has 0 unspecified atom stereocenters. The van der Waals surface area contributed by atoms with E-state index in [1.165, 1.54) is 12.1 Å². The molecule has 0 saturated heterocycles. The Balaban J connectivity index is 1.76. The third kappa shape index (κ3) is 6.75. The summed E-state index contributed by atoms with van der Waals surface area (Å²) in [4.78, 5) is 4.48. The lowest BCUT2D eigenvalue weighted by molar-refractivity contribution is -0.137. The van der Waals surface area contributed by atoms with Crippen molar-refractivity contribution in [2.24, 2.45) is 4.99 Å². The largest absolute Gasteiger partial charge is 0.492 e. The van der Waals surface area contributed by atoms with Crippen molar-refractivity contribution in [2.45, 2.75) is 33.0 Å². The number of rotatable bonds is 9. The van der Waals surface area contributed by atoms with Gasteiger partial charge in [-0.1, -0.05) is 6.92 Å². The number of hydrogen-bond acceptors (Lipinski definition) is 4. The summed E-state index contributed by atoms with van der Waals surface area (Å²) in [5.74, 6) is 1.94. The quantitative estimate of drug-likeness (QED) is 0.386. The number of benzene rings is 1. The monoisotopic (exact) mass is 398 g/mol. The number of aromatic nitrogens is 3. The zero-order chi connectivity index (χ0) is 20.4. The van der Waals surface area contributed by atoms with Crippen molar-refractivity contribution in [2.75, 3.05) is 26.2 Å². The number of nitrogens with zero attached hydrogens (tertiary/aromatic N) is 4. The van der Waals surface area contributed by atoms with E-state index in [1.54, 1.807) is 6.33 Å². The summed E-state index contributed by atoms with van der Waals surface area (Å²) in [6.45, 7) is 6.67. The van der Waals surface area contributed by atoms with Gasteiger partial charge in [-0.2, -0.15) is 13.2 Å². The van der Waals surface area contributed by atoms with Crippen LogP contribution in [0.3, 0.4) is 0 Å². The fourth-order valence-electron chi connectivity index (χ4n) is 2.43. The van der Waals surface area contributed by atoms with Gasteiger partial charge in [-0.3, -0.25) is 4.99 Å². The molecule has 0 radical (unpaired) electrons. The summed E-state index contributed by atoms with van der Waals surface area (Å²) in [6, 6.07) is 4.63. The fourth-order valence-corrected chi connectivity index (χ4v) is 2.43. The van der Waals surface area contributed by atoms with Crippen LogP contribution >= 0.6 is 0 Å². The van der Waals surface area contributed by atoms with Crippen molar-refractivity contribution < 1.29 is 17.9 Å². The number of aryl methyl sites for hydroxylation is 1. The lowest BCUT2D eigenvalue weighted by atomic mass is 10.2. The first-order valence-electron chi connectivity index (χ1n) is 9.13. The van der Waals surface area contributed by atoms with Crippen LogP contribution in [-0.4, -0.2) is 47.0 Å². The Morgan fingerprint density at radius 1 is 1.18 bits per heavy atom. The molecule has 154 valence electrons. The van der Waals surface area contributed by atoms with E-state index in [-0.39, 0.29) is 0 Å². The van der Waals surface area contributed by atoms with Crippen LogP contribution in [0.1, 0.15) is 25.2 Å². The Hall–Kier alpha value is -2.78. The average Bonchev–Trinajstić information content (AvgIpc) is 3.12. The van der Waals surface area contributed by atoms with E-state index in [0.29, 0.717) is 44.5 Å². The average molecular weight is 398 g/mol. The molecule has 0 saturated carbocycles. The van der Waals surface area contributed by atoms with Crippen LogP contribution in [0.25, 0.3) is 0 Å². The highest BCUT2D eigenvalue weighted by atomic mass is 19.4. The Morgan fingerprint density at radius 2 is 1.93 bits per heavy atom. The second-order valence-electron chi connectivity index (χ2n) is 5.85. The first-order chi connectivity index (χ1) is 13.4. The van der Waals surface area contributed by atoms with Gasteiger partial charge in [-0.15, -0.1) is 10.2 Å². The Bertz CT molecular complexity index is 743. The number of hydrogen-bond donors (Lipinski definition) is 2. The Morgan fingerprint density at radius 3 is 2.57 bits per heavy atom. The molecule has 1 aromatic heterocycles. The summed E-state index contributed by atoms with van der Waals surface area (Å²) in [6.07, 6.45) is -1.85. The van der Waals surface area contributed by atoms with Crippen molar-refractivity contribution in [1.82, 2.24) is 25.4 Å². The van der Waals surface area contributed by atoms with E-state index in [0.717, 1.165) is 24.4 Å². The van der Waals surface area contributed by atoms with E-state index >= 15 is 0 Å². The van der Waals surface area contributed by atoms with Crippen LogP contribution in [0.5, 0.6) is 5.75 Å². The van der Waals surface area contributed by atoms with E-state index in [4.69, 9.17) is 4.74 Å². The molecule has 2 N–H and O–H groups in total. The first-order valence-corrected chi connectivity index (χ1v) is 9.13. The molecule has 10 heteroatoms. The highest BCUT2D eigenvalue weighted by Crippen LogP contribution is 2.30. The lowest BCUT2D eigenvalue weighted by Gasteiger charge is -2.13. The smallest absolute Gasteiger partial charge is 0.416 e. The number of halogens is 3. The normalized spacial score (nSPS) is 12.1. The first kappa shape index (κ1) is 21.5. The molecular weight excluding hydrogens is 373 g/mol. The number of aliphatic imine (C=N–C) groups is 1. The lowest BCUT2D eigenvalue weighted by Crippen LogP contribution is -2.39. The molecule has 0 spiro atoms. The standard InChI is InChI=1S/C18H25F3N6O/c1-3-16-26-25-13-27(16)11-9-23-17(22-4-2)24-10-12-28-15-7-5-14(6-8-15)18(19,20)21/h5-8,13H,3-4,9-12H2,1-2H3,(H2,22,23,24). The van der Waals surface area contributed by atoms with Gasteiger partial charge in [0.15, 0.2) is 5.96 Å². The summed E-state index contributed by atoms with van der Waals surface area (Å²) in [5, 5.41) is 14.2. The molecule has 0 aliphatic carbocycles. The van der Waals surface area contributed by atoms with Gasteiger partial charge in [0.25, 0.3) is 0 Å². The van der Waals surface area contributed by atoms with Gasteiger partial charge < -0.3 is 19.9 Å². The molecule has 0 aliphatic rings. The molecular formula is C18H25F3N6O. The van der Waals surface area contributed by atoms with Gasteiger partial charge in [0, 0.05) is 19.5 Å². The van der Waals surface area contributed by atoms with Crippen molar-refractivity contribution in [3.8, 4) is 5.75 Å². The van der Waals surface area contributed by atoms with E-state index in [1.807, 2.05) is 18.4 Å². The predicted molar refractivity (Wildman–Crippen MR) is 100 cm³/mol. The van der Waals surface area contributed by atoms with Crippen LogP contribution in [0, 0.1) is 0 Å². The third-order valence-electron chi connectivity index (χ3n) is 3.81. The van der Waals surface area contributed by atoms with Gasteiger partial charge >= 0.3 is 6.18 Å². The topological polar surface area (TPSA) is 76.4 Å². The highest BCUT2D eigenvalue weighted by molar-refractivity contribution is 5.79. The van der Waals surface area contributed by atoms with E-state index < -0.39 is 11.7 Å². The van der Waals surface area contributed by atoms with Crippen molar-refractivity contribution in [1.29, 1.82) is 0 Å². The minimum atomic E-state index is -4.35. The second kappa shape index (κ2) is 10.5. The maximum absolute atomic E-state index is 12.5. The molecule has 1 heterocycles. The minimum absolute atomic E-state index is 0.293. The number of nitrogens with one attached hydrogen (secondary N) is 2. The predicted octanol–water partition coefficient (Wildman–Crippen LogP) is 2.49. The molecule has 2 aromatic rings. The van der Waals surface area contributed by atoms with Crippen LogP contribution in [-0.2, 0) is 19.1 Å². The van der Waals surface area contributed by atoms with Gasteiger partial charge in [0.2, 0.25) is 0 Å². The minimum Gasteiger partial charge on any atom is -0.492 e. The zero-order valence-electron chi connectivity index (χ0n) is 16.0. The highest BCUT2D eigenvalue weighted by Gasteiger charge is 2.29. The second-order valence-corrected chi connectivity index (χ2v) is 5.85. The van der Waals surface area contributed by atoms with Crippen molar-refractivity contribution in [3.05, 3.63) is 42.0 Å². The maximum Gasteiger partial charge on any atom is 0.416 e. The van der Waals surface area contributed by atoms with Crippen LogP contribution < -0.4 is 15.4 Å². The molecule has 0 amide bonds. The fraction of sp³-hybridized carbons (Fsp3) is 0.500. The van der Waals surface area contributed by atoms with Gasteiger partial charge in [0.1, 0.15) is 24.5 Å². The van der Waals surface area contributed by atoms with Crippen LogP contribution in [0.4, 0.5) is 13.2 Å². The summed E-state index contributed by atoms with van der Waals surface area (Å²) < 4.78 is 45.0. The summed E-state index contributed by atoms with van der Waals surface area (Å²) in [5.41, 5.74) is -0.695. The van der Waals surface area contributed by atoms with Gasteiger partial charge in [-0.05, 0) is 31.2 Å². The molecule has 0 atom stereocenters. The van der Waals surface area contributed by atoms with E-state index in [2.05, 4.69) is 25.8 Å². The molecule has 2 rings (SSSR count). The maximum atomic E-state index is 12.5. The molecule has 0 bridgehead atoms. The third-order valence-corrected chi connectivity index (χ3v) is 3.81. The summed E-state index contributed by atoms with van der Waals surface area (Å²) in [7, 11) is 0. The molecule has 7 nitrogen and oxygen atoms in total. The van der Waals surface area contributed by atoms with Crippen molar-refractivity contribution in [3.63, 3.8) is 0 Å². The van der Waals surface area contributed by atoms with Crippen LogP contribution in [0.15, 0.2) is 35.6 Å². The Labute approximate surface area is 162 Å². The number of alkyl halides is 3. The van der Waals surface area contributed by atoms with Crippen molar-refractivity contribution >= 4 is 5.96 Å². The van der Waals surface area contributed by atoms with Gasteiger partial charge in [0.05, 0.1) is 18.7 Å². The molecule has 28 heavy (non-hydrogen) atoms. The molecule has 0 fully saturated rings. The number of ether oxygens (including phenoxy) is 1. The number of guanidine groups is 1. The van der Waals surface area contributed by atoms with Gasteiger partial charge in [-0.25, -0.2) is 0 Å². The SMILES string of the molecule is CCNC(=NCCn1cnnc1CC)NCCOc1ccc(C(F)(F)F)cc1. The van der Waals surface area contributed by atoms with E-state index in [9.17, 15) is 13.2 Å². The van der Waals surface area contributed by atoms with Crippen LogP contribution in [0.2, 0.25) is 0 Å².